The first-order chi connectivity index (χ1) is 9.95. The third-order valence-electron chi connectivity index (χ3n) is 3.20. The molecule has 1 aromatic heterocycles. The lowest BCUT2D eigenvalue weighted by Gasteiger charge is -2.10. The number of hydrogen-bond donors (Lipinski definition) is 1. The van der Waals surface area contributed by atoms with Crippen LogP contribution in [-0.2, 0) is 6.18 Å². The molecule has 2 aromatic carbocycles. The second kappa shape index (κ2) is 4.77. The molecular weight excluding hydrogens is 279 g/mol. The van der Waals surface area contributed by atoms with E-state index in [1.807, 2.05) is 24.3 Å². The molecule has 1 N–H and O–H groups in total. The normalized spacial score (nSPS) is 11.8. The quantitative estimate of drug-likeness (QED) is 0.708. The van der Waals surface area contributed by atoms with E-state index in [9.17, 15) is 18.3 Å². The summed E-state index contributed by atoms with van der Waals surface area (Å²) < 4.78 is 37.8. The molecule has 1 heterocycles. The van der Waals surface area contributed by atoms with Crippen LogP contribution in [0.3, 0.4) is 0 Å². The molecule has 0 aliphatic rings. The summed E-state index contributed by atoms with van der Waals surface area (Å²) in [5.41, 5.74) is 0.535. The van der Waals surface area contributed by atoms with Gasteiger partial charge in [-0.25, -0.2) is 4.98 Å². The summed E-state index contributed by atoms with van der Waals surface area (Å²) in [5.74, 6) is -0.437. The molecule has 0 amide bonds. The fraction of sp³-hybridized carbons (Fsp3) is 0.0625. The molecule has 0 aliphatic heterocycles. The van der Waals surface area contributed by atoms with Crippen LogP contribution in [0, 0.1) is 0 Å². The van der Waals surface area contributed by atoms with Crippen LogP contribution in [0.15, 0.2) is 54.6 Å². The zero-order chi connectivity index (χ0) is 15.0. The van der Waals surface area contributed by atoms with E-state index in [1.165, 1.54) is 6.07 Å². The summed E-state index contributed by atoms with van der Waals surface area (Å²) in [4.78, 5) is 4.36. The summed E-state index contributed by atoms with van der Waals surface area (Å²) in [6.07, 6.45) is -4.48. The number of aromatic nitrogens is 1. The maximum atomic E-state index is 12.6. The molecule has 106 valence electrons. The molecule has 0 unspecified atom stereocenters. The molecule has 5 heteroatoms. The molecule has 3 aromatic rings. The van der Waals surface area contributed by atoms with Crippen LogP contribution in [0.4, 0.5) is 13.2 Å². The van der Waals surface area contributed by atoms with Crippen molar-refractivity contribution in [2.24, 2.45) is 0 Å². The number of nitrogens with zero attached hydrogens (tertiary/aromatic N) is 1. The van der Waals surface area contributed by atoms with E-state index < -0.39 is 17.5 Å². The van der Waals surface area contributed by atoms with Crippen LogP contribution in [0.5, 0.6) is 5.75 Å². The first kappa shape index (κ1) is 13.4. The Hall–Kier alpha value is -2.56. The van der Waals surface area contributed by atoms with Crippen molar-refractivity contribution in [3.05, 3.63) is 60.2 Å². The van der Waals surface area contributed by atoms with E-state index in [2.05, 4.69) is 4.98 Å². The van der Waals surface area contributed by atoms with E-state index in [4.69, 9.17) is 0 Å². The smallest absolute Gasteiger partial charge is 0.416 e. The largest absolute Gasteiger partial charge is 0.507 e. The summed E-state index contributed by atoms with van der Waals surface area (Å²) in [6.45, 7) is 0. The first-order valence-corrected chi connectivity index (χ1v) is 6.21. The number of phenolic OH excluding ortho intramolecular Hbond substituents is 1. The van der Waals surface area contributed by atoms with Gasteiger partial charge < -0.3 is 5.11 Å². The van der Waals surface area contributed by atoms with Crippen molar-refractivity contribution in [2.75, 3.05) is 0 Å². The summed E-state index contributed by atoms with van der Waals surface area (Å²) in [7, 11) is 0. The zero-order valence-electron chi connectivity index (χ0n) is 10.7. The van der Waals surface area contributed by atoms with E-state index in [0.717, 1.165) is 11.5 Å². The molecule has 0 spiro atoms. The van der Waals surface area contributed by atoms with Crippen LogP contribution in [0.25, 0.3) is 22.2 Å². The van der Waals surface area contributed by atoms with Crippen LogP contribution >= 0.6 is 0 Å². The van der Waals surface area contributed by atoms with Gasteiger partial charge in [0.05, 0.1) is 16.8 Å². The molecule has 0 aliphatic carbocycles. The lowest BCUT2D eigenvalue weighted by Crippen LogP contribution is -2.04. The number of pyridine rings is 1. The Bertz CT molecular complexity index is 812. The molecule has 3 rings (SSSR count). The Morgan fingerprint density at radius 3 is 2.38 bits per heavy atom. The highest BCUT2D eigenvalue weighted by Crippen LogP contribution is 2.36. The van der Waals surface area contributed by atoms with Crippen LogP contribution in [-0.4, -0.2) is 10.1 Å². The maximum absolute atomic E-state index is 12.6. The Balaban J connectivity index is 2.10. The van der Waals surface area contributed by atoms with E-state index in [1.54, 1.807) is 12.1 Å². The highest BCUT2D eigenvalue weighted by molar-refractivity contribution is 5.82. The van der Waals surface area contributed by atoms with Gasteiger partial charge in [-0.3, -0.25) is 0 Å². The van der Waals surface area contributed by atoms with Crippen molar-refractivity contribution < 1.29 is 18.3 Å². The predicted octanol–water partition coefficient (Wildman–Crippen LogP) is 4.63. The SMILES string of the molecule is Oc1cc(C(F)(F)F)ccc1-c1ccc2ccccc2n1. The van der Waals surface area contributed by atoms with Gasteiger partial charge in [0.2, 0.25) is 0 Å². The molecule has 21 heavy (non-hydrogen) atoms. The summed E-state index contributed by atoms with van der Waals surface area (Å²) in [5, 5.41) is 10.8. The minimum atomic E-state index is -4.48. The third-order valence-corrected chi connectivity index (χ3v) is 3.20. The number of halogens is 3. The molecule has 2 nitrogen and oxygen atoms in total. The van der Waals surface area contributed by atoms with Gasteiger partial charge in [-0.1, -0.05) is 24.3 Å². The Kier molecular flexibility index (Phi) is 3.05. The highest BCUT2D eigenvalue weighted by atomic mass is 19.4. The lowest BCUT2D eigenvalue weighted by molar-refractivity contribution is -0.137. The minimum absolute atomic E-state index is 0.272. The van der Waals surface area contributed by atoms with Gasteiger partial charge in [-0.05, 0) is 30.3 Å². The zero-order valence-corrected chi connectivity index (χ0v) is 10.7. The van der Waals surface area contributed by atoms with E-state index >= 15 is 0 Å². The monoisotopic (exact) mass is 289 g/mol. The van der Waals surface area contributed by atoms with Crippen molar-refractivity contribution in [1.29, 1.82) is 0 Å². The number of hydrogen-bond acceptors (Lipinski definition) is 2. The van der Waals surface area contributed by atoms with Gasteiger partial charge in [-0.15, -0.1) is 0 Å². The molecule has 0 saturated carbocycles. The topological polar surface area (TPSA) is 33.1 Å². The summed E-state index contributed by atoms with van der Waals surface area (Å²) in [6, 6.07) is 13.8. The second-order valence-electron chi connectivity index (χ2n) is 4.62. The standard InChI is InChI=1S/C16H10F3NO/c17-16(18,19)11-6-7-12(15(21)9-11)14-8-5-10-3-1-2-4-13(10)20-14/h1-9,21H. The van der Waals surface area contributed by atoms with Crippen molar-refractivity contribution in [3.63, 3.8) is 0 Å². The number of alkyl halides is 3. The maximum Gasteiger partial charge on any atom is 0.416 e. The number of rotatable bonds is 1. The molecule has 0 saturated heterocycles. The van der Waals surface area contributed by atoms with Gasteiger partial charge in [0.15, 0.2) is 0 Å². The highest BCUT2D eigenvalue weighted by Gasteiger charge is 2.31. The first-order valence-electron chi connectivity index (χ1n) is 6.21. The van der Waals surface area contributed by atoms with Gasteiger partial charge in [-0.2, -0.15) is 13.2 Å². The Labute approximate surface area is 118 Å². The van der Waals surface area contributed by atoms with Gasteiger partial charge in [0, 0.05) is 10.9 Å². The number of para-hydroxylation sites is 1. The molecule has 0 radical (unpaired) electrons. The van der Waals surface area contributed by atoms with Crippen molar-refractivity contribution in [3.8, 4) is 17.0 Å². The molecular formula is C16H10F3NO. The Morgan fingerprint density at radius 2 is 1.67 bits per heavy atom. The average Bonchev–Trinajstić information content (AvgIpc) is 2.45. The number of benzene rings is 2. The molecule has 0 atom stereocenters. The molecule has 0 bridgehead atoms. The van der Waals surface area contributed by atoms with Gasteiger partial charge in [0.1, 0.15) is 5.75 Å². The van der Waals surface area contributed by atoms with E-state index in [-0.39, 0.29) is 5.56 Å². The lowest BCUT2D eigenvalue weighted by atomic mass is 10.1. The van der Waals surface area contributed by atoms with Crippen LogP contribution in [0.2, 0.25) is 0 Å². The van der Waals surface area contributed by atoms with Gasteiger partial charge >= 0.3 is 6.18 Å². The second-order valence-corrected chi connectivity index (χ2v) is 4.62. The minimum Gasteiger partial charge on any atom is -0.507 e. The number of aromatic hydroxyl groups is 1. The van der Waals surface area contributed by atoms with Crippen molar-refractivity contribution >= 4 is 10.9 Å². The summed E-state index contributed by atoms with van der Waals surface area (Å²) >= 11 is 0. The van der Waals surface area contributed by atoms with Crippen molar-refractivity contribution in [1.82, 2.24) is 4.98 Å². The average molecular weight is 289 g/mol. The fourth-order valence-corrected chi connectivity index (χ4v) is 2.14. The number of fused-ring (bicyclic) bond motifs is 1. The Morgan fingerprint density at radius 1 is 0.905 bits per heavy atom. The third kappa shape index (κ3) is 2.54. The number of phenols is 1. The van der Waals surface area contributed by atoms with Crippen molar-refractivity contribution in [2.45, 2.75) is 6.18 Å². The molecule has 0 fully saturated rings. The van der Waals surface area contributed by atoms with Crippen LogP contribution in [0.1, 0.15) is 5.56 Å². The van der Waals surface area contributed by atoms with Crippen LogP contribution < -0.4 is 0 Å². The van der Waals surface area contributed by atoms with Gasteiger partial charge in [0.25, 0.3) is 0 Å². The fourth-order valence-electron chi connectivity index (χ4n) is 2.14. The predicted molar refractivity (Wildman–Crippen MR) is 73.8 cm³/mol. The van der Waals surface area contributed by atoms with E-state index in [0.29, 0.717) is 17.3 Å².